The first-order valence-electron chi connectivity index (χ1n) is 19.8. The summed E-state index contributed by atoms with van der Waals surface area (Å²) in [6.45, 7) is 2.15. The van der Waals surface area contributed by atoms with Crippen molar-refractivity contribution in [3.8, 4) is 40.2 Å². The second-order valence-electron chi connectivity index (χ2n) is 14.2. The van der Waals surface area contributed by atoms with Crippen LogP contribution in [0.25, 0.3) is 11.1 Å². The molecule has 60 heavy (non-hydrogen) atoms. The first-order chi connectivity index (χ1) is 29.6. The summed E-state index contributed by atoms with van der Waals surface area (Å²) in [4.78, 5) is 0. The molecule has 1 aliphatic carbocycles. The second-order valence-corrected chi connectivity index (χ2v) is 14.2. The first-order valence-corrected chi connectivity index (χ1v) is 19.8. The van der Waals surface area contributed by atoms with Crippen LogP contribution in [0.15, 0.2) is 200 Å². The Morgan fingerprint density at radius 1 is 0.550 bits per heavy atom. The molecule has 6 nitrogen and oxygen atoms in total. The highest BCUT2D eigenvalue weighted by Gasteiger charge is 2.48. The monoisotopic (exact) mass is 782 g/mol. The molecule has 0 spiro atoms. The summed E-state index contributed by atoms with van der Waals surface area (Å²) in [7, 11) is 1.50. The van der Waals surface area contributed by atoms with Gasteiger partial charge in [-0.15, -0.1) is 0 Å². The Kier molecular flexibility index (Phi) is 12.6. The number of hydrogen-bond donors (Lipinski definition) is 3. The Morgan fingerprint density at radius 2 is 1.08 bits per heavy atom. The maximum Gasteiger partial charge on any atom is 0.178 e. The molecule has 10 rings (SSSR count). The van der Waals surface area contributed by atoms with Gasteiger partial charge in [0.25, 0.3) is 0 Å². The van der Waals surface area contributed by atoms with Crippen molar-refractivity contribution in [1.29, 1.82) is 10.7 Å². The number of nitriles is 1. The van der Waals surface area contributed by atoms with Crippen LogP contribution in [0.4, 0.5) is 0 Å². The number of aryl methyl sites for hydroxylation is 1. The molecule has 6 heteroatoms. The molecule has 0 saturated heterocycles. The summed E-state index contributed by atoms with van der Waals surface area (Å²) in [5, 5.41) is 14.1. The topological polar surface area (TPSA) is 118 Å². The van der Waals surface area contributed by atoms with Gasteiger partial charge in [0, 0.05) is 11.5 Å². The lowest BCUT2D eigenvalue weighted by Crippen LogP contribution is -2.28. The van der Waals surface area contributed by atoms with E-state index in [9.17, 15) is 0 Å². The highest BCUT2D eigenvalue weighted by atomic mass is 16.6. The molecule has 2 aliphatic rings. The molecule has 8 aromatic carbocycles. The number of nitrogens with zero attached hydrogens (tertiary/aromatic N) is 1. The van der Waals surface area contributed by atoms with Crippen LogP contribution < -0.4 is 20.9 Å². The van der Waals surface area contributed by atoms with Crippen molar-refractivity contribution in [3.05, 3.63) is 250 Å². The van der Waals surface area contributed by atoms with E-state index in [0.717, 1.165) is 40.5 Å². The molecule has 0 amide bonds. The molecule has 0 bridgehead atoms. The smallest absolute Gasteiger partial charge is 0.178 e. The third-order valence-electron chi connectivity index (χ3n) is 10.7. The van der Waals surface area contributed by atoms with Gasteiger partial charge in [-0.3, -0.25) is 5.41 Å². The zero-order chi connectivity index (χ0) is 41.9. The van der Waals surface area contributed by atoms with Gasteiger partial charge < -0.3 is 20.9 Å². The van der Waals surface area contributed by atoms with Crippen molar-refractivity contribution in [2.75, 3.05) is 7.05 Å². The number of benzene rings is 8. The van der Waals surface area contributed by atoms with E-state index in [0.29, 0.717) is 5.56 Å². The number of hydrogen-bond acceptors (Lipinski definition) is 5. The minimum absolute atomic E-state index is 0.0654. The lowest BCUT2D eigenvalue weighted by molar-refractivity contribution is 0.360. The van der Waals surface area contributed by atoms with Crippen molar-refractivity contribution >= 4 is 6.34 Å². The van der Waals surface area contributed by atoms with Gasteiger partial charge in [0.05, 0.1) is 23.4 Å². The van der Waals surface area contributed by atoms with Crippen molar-refractivity contribution in [2.24, 2.45) is 11.5 Å². The highest BCUT2D eigenvalue weighted by Crippen LogP contribution is 2.62. The standard InChI is InChI=1S/C45H32O2.C7H5N.CH4N2.CH5N/c1-30-14-13-17-32(28-30)42(31-15-5-2-6-16-31)33-24-26-39-41(29-33)46-40-27-25-38-43(44(40)47-39)36-22-11-12-23-37(36)45(38,34-18-7-3-8-19-34)35-20-9-4-10-21-35;8-6-7-4-2-1-3-5-7;2-1-3;1-2/h2-29,42H,1H3;1-5H;1H,(H3,2,3);2H2,1H3. The van der Waals surface area contributed by atoms with Gasteiger partial charge >= 0.3 is 0 Å². The number of ether oxygens (including phenoxy) is 2. The van der Waals surface area contributed by atoms with Crippen LogP contribution in [0.1, 0.15) is 56.0 Å². The van der Waals surface area contributed by atoms with Crippen molar-refractivity contribution in [3.63, 3.8) is 0 Å². The van der Waals surface area contributed by atoms with Crippen LogP contribution in [0.5, 0.6) is 23.0 Å². The van der Waals surface area contributed by atoms with E-state index in [1.165, 1.54) is 51.6 Å². The van der Waals surface area contributed by atoms with E-state index < -0.39 is 5.41 Å². The number of nitrogens with two attached hydrogens (primary N) is 2. The van der Waals surface area contributed by atoms with E-state index >= 15 is 0 Å². The van der Waals surface area contributed by atoms with Crippen LogP contribution in [0.2, 0.25) is 0 Å². The molecule has 0 aromatic heterocycles. The molecule has 1 atom stereocenters. The lowest BCUT2D eigenvalue weighted by atomic mass is 9.68. The van der Waals surface area contributed by atoms with Crippen molar-refractivity contribution < 1.29 is 9.47 Å². The second kappa shape index (κ2) is 18.7. The molecule has 0 saturated carbocycles. The van der Waals surface area contributed by atoms with Gasteiger partial charge in [-0.25, -0.2) is 0 Å². The van der Waals surface area contributed by atoms with Gasteiger partial charge in [0.1, 0.15) is 0 Å². The normalized spacial score (nSPS) is 12.4. The molecule has 0 fully saturated rings. The third kappa shape index (κ3) is 7.78. The van der Waals surface area contributed by atoms with Crippen molar-refractivity contribution in [1.82, 2.24) is 0 Å². The largest absolute Gasteiger partial charge is 0.449 e. The van der Waals surface area contributed by atoms with Crippen LogP contribution in [-0.2, 0) is 5.41 Å². The fourth-order valence-corrected chi connectivity index (χ4v) is 8.35. The quantitative estimate of drug-likeness (QED) is 0.0912. The minimum Gasteiger partial charge on any atom is -0.449 e. The molecule has 5 N–H and O–H groups in total. The van der Waals surface area contributed by atoms with E-state index in [1.807, 2.05) is 24.3 Å². The van der Waals surface area contributed by atoms with E-state index in [1.54, 1.807) is 12.1 Å². The van der Waals surface area contributed by atoms with Gasteiger partial charge in [-0.2, -0.15) is 5.26 Å². The SMILES string of the molecule is CN.Cc1cccc(C(c2ccccc2)c2ccc3c(c2)Oc2ccc4c(c2O3)-c2ccccc2C4(c2ccccc2)c2ccccc2)c1.N#Cc1ccccc1.N=CN. The molecule has 1 aliphatic heterocycles. The van der Waals surface area contributed by atoms with E-state index in [-0.39, 0.29) is 5.92 Å². The fourth-order valence-electron chi connectivity index (χ4n) is 8.35. The zero-order valence-corrected chi connectivity index (χ0v) is 33.6. The highest BCUT2D eigenvalue weighted by molar-refractivity contribution is 5.91. The van der Waals surface area contributed by atoms with Gasteiger partial charge in [0.15, 0.2) is 23.0 Å². The van der Waals surface area contributed by atoms with Crippen molar-refractivity contribution in [2.45, 2.75) is 18.3 Å². The van der Waals surface area contributed by atoms with Crippen LogP contribution in [-0.4, -0.2) is 13.4 Å². The fraction of sp³-hybridized carbons (Fsp3) is 0.0741. The Morgan fingerprint density at radius 3 is 1.68 bits per heavy atom. The summed E-state index contributed by atoms with van der Waals surface area (Å²) >= 11 is 0. The average Bonchev–Trinajstić information content (AvgIpc) is 3.62. The summed E-state index contributed by atoms with van der Waals surface area (Å²) in [6.07, 6.45) is 0.750. The zero-order valence-electron chi connectivity index (χ0n) is 33.6. The number of rotatable bonds is 5. The molecular weight excluding hydrogens is 737 g/mol. The number of nitrogens with one attached hydrogen (secondary N) is 1. The number of fused-ring (bicyclic) bond motifs is 6. The summed E-state index contributed by atoms with van der Waals surface area (Å²) in [6, 6.07) is 71.7. The van der Waals surface area contributed by atoms with E-state index in [4.69, 9.17) is 20.1 Å². The molecule has 0 radical (unpaired) electrons. The summed E-state index contributed by atoms with van der Waals surface area (Å²) < 4.78 is 13.6. The van der Waals surface area contributed by atoms with Gasteiger partial charge in [0.2, 0.25) is 0 Å². The first kappa shape index (κ1) is 40.5. The molecular formula is C54H46N4O2. The van der Waals surface area contributed by atoms with Crippen LogP contribution in [0.3, 0.4) is 0 Å². The Balaban J connectivity index is 0.000000366. The Labute approximate surface area is 352 Å². The summed E-state index contributed by atoms with van der Waals surface area (Å²) in [5.41, 5.74) is 21.1. The molecule has 294 valence electrons. The van der Waals surface area contributed by atoms with Crippen LogP contribution >= 0.6 is 0 Å². The molecule has 8 aromatic rings. The average molecular weight is 783 g/mol. The maximum absolute atomic E-state index is 8.29. The Hall–Kier alpha value is -7.72. The maximum atomic E-state index is 8.29. The minimum atomic E-state index is -0.492. The predicted octanol–water partition coefficient (Wildman–Crippen LogP) is 12.1. The van der Waals surface area contributed by atoms with Crippen LogP contribution in [0, 0.1) is 23.7 Å². The van der Waals surface area contributed by atoms with E-state index in [2.05, 4.69) is 188 Å². The molecule has 1 unspecified atom stereocenters. The third-order valence-corrected chi connectivity index (χ3v) is 10.7. The predicted molar refractivity (Wildman–Crippen MR) is 243 cm³/mol. The van der Waals surface area contributed by atoms with Gasteiger partial charge in [-0.05, 0) is 88.8 Å². The summed E-state index contributed by atoms with van der Waals surface area (Å²) in [5.74, 6) is 3.01. The lowest BCUT2D eigenvalue weighted by Gasteiger charge is -2.34. The Bertz CT molecular complexity index is 2690. The van der Waals surface area contributed by atoms with Gasteiger partial charge in [-0.1, -0.05) is 175 Å². The molecule has 1 heterocycles.